The minimum atomic E-state index is -5.01. The van der Waals surface area contributed by atoms with Crippen LogP contribution in [0.5, 0.6) is 5.75 Å². The molecule has 0 unspecified atom stereocenters. The van der Waals surface area contributed by atoms with E-state index in [1.807, 2.05) is 0 Å². The first-order valence-corrected chi connectivity index (χ1v) is 5.92. The van der Waals surface area contributed by atoms with Crippen LogP contribution < -0.4 is 4.74 Å². The maximum Gasteiger partial charge on any atom is 0.573 e. The zero-order valence-corrected chi connectivity index (χ0v) is 11.1. The lowest BCUT2D eigenvalue weighted by Gasteiger charge is -2.15. The van der Waals surface area contributed by atoms with Gasteiger partial charge in [0.15, 0.2) is 5.75 Å². The van der Waals surface area contributed by atoms with Gasteiger partial charge in [-0.15, -0.1) is 13.2 Å². The fourth-order valence-corrected chi connectivity index (χ4v) is 1.82. The molecule has 0 atom stereocenters. The second-order valence-electron chi connectivity index (χ2n) is 3.26. The first-order chi connectivity index (χ1) is 8.84. The number of nitrogens with zero attached hydrogens (tertiary/aromatic N) is 1. The Labute approximate surface area is 114 Å². The summed E-state index contributed by atoms with van der Waals surface area (Å²) in [5, 5.41) is 9.08. The zero-order chi connectivity index (χ0) is 14.6. The molecule has 0 aliphatic rings. The van der Waals surface area contributed by atoms with E-state index in [1.165, 1.54) is 6.07 Å². The standard InChI is InChI=1S/C11H7BrF3NO3/c1-18-10(17)7-3-2-6(4-12)8(5-16)9(7)19-11(13,14)15/h2-3H,4H2,1H3. The second kappa shape index (κ2) is 5.93. The molecule has 0 aliphatic heterocycles. The van der Waals surface area contributed by atoms with Crippen LogP contribution in [0.2, 0.25) is 0 Å². The molecule has 0 amide bonds. The smallest absolute Gasteiger partial charge is 0.465 e. The van der Waals surface area contributed by atoms with Gasteiger partial charge in [-0.3, -0.25) is 0 Å². The van der Waals surface area contributed by atoms with Crippen LogP contribution in [0.1, 0.15) is 21.5 Å². The molecule has 0 aromatic heterocycles. The number of halogens is 4. The maximum atomic E-state index is 12.3. The summed E-state index contributed by atoms with van der Waals surface area (Å²) >= 11 is 3.04. The Hall–Kier alpha value is -1.75. The van der Waals surface area contributed by atoms with Gasteiger partial charge in [0.25, 0.3) is 0 Å². The number of esters is 1. The van der Waals surface area contributed by atoms with E-state index in [4.69, 9.17) is 5.26 Å². The van der Waals surface area contributed by atoms with Crippen molar-refractivity contribution in [2.24, 2.45) is 0 Å². The first kappa shape index (κ1) is 15.3. The molecule has 4 nitrogen and oxygen atoms in total. The van der Waals surface area contributed by atoms with Gasteiger partial charge in [0.05, 0.1) is 12.7 Å². The number of carbonyl (C=O) groups is 1. The molecule has 0 saturated heterocycles. The van der Waals surface area contributed by atoms with E-state index >= 15 is 0 Å². The van der Waals surface area contributed by atoms with Crippen LogP contribution >= 0.6 is 15.9 Å². The fourth-order valence-electron chi connectivity index (χ4n) is 1.35. The maximum absolute atomic E-state index is 12.3. The van der Waals surface area contributed by atoms with Gasteiger partial charge >= 0.3 is 12.3 Å². The molecule has 0 spiro atoms. The van der Waals surface area contributed by atoms with Crippen molar-refractivity contribution in [2.75, 3.05) is 7.11 Å². The number of hydrogen-bond acceptors (Lipinski definition) is 4. The van der Waals surface area contributed by atoms with E-state index in [9.17, 15) is 18.0 Å². The van der Waals surface area contributed by atoms with Crippen molar-refractivity contribution >= 4 is 21.9 Å². The van der Waals surface area contributed by atoms with Crippen LogP contribution in [0.25, 0.3) is 0 Å². The topological polar surface area (TPSA) is 59.3 Å². The predicted octanol–water partition coefficient (Wildman–Crippen LogP) is 3.14. The molecular weight excluding hydrogens is 331 g/mol. The summed E-state index contributed by atoms with van der Waals surface area (Å²) in [6.07, 6.45) is -5.01. The van der Waals surface area contributed by atoms with Crippen LogP contribution in [0.15, 0.2) is 12.1 Å². The summed E-state index contributed by atoms with van der Waals surface area (Å²) in [5.41, 5.74) is -0.549. The number of ether oxygens (including phenoxy) is 2. The number of benzene rings is 1. The van der Waals surface area contributed by atoms with E-state index in [1.54, 1.807) is 6.07 Å². The highest BCUT2D eigenvalue weighted by molar-refractivity contribution is 9.08. The number of carbonyl (C=O) groups excluding carboxylic acids is 1. The minimum Gasteiger partial charge on any atom is -0.465 e. The third-order valence-electron chi connectivity index (χ3n) is 2.12. The average Bonchev–Trinajstić information content (AvgIpc) is 2.35. The highest BCUT2D eigenvalue weighted by atomic mass is 79.9. The third-order valence-corrected chi connectivity index (χ3v) is 2.73. The molecule has 0 heterocycles. The Balaban J connectivity index is 3.50. The van der Waals surface area contributed by atoms with Crippen LogP contribution in [0, 0.1) is 11.3 Å². The molecule has 102 valence electrons. The number of methoxy groups -OCH3 is 1. The normalized spacial score (nSPS) is 10.7. The summed E-state index contributed by atoms with van der Waals surface area (Å²) < 4.78 is 45.2. The highest BCUT2D eigenvalue weighted by Gasteiger charge is 2.35. The van der Waals surface area contributed by atoms with Crippen LogP contribution in [-0.4, -0.2) is 19.4 Å². The van der Waals surface area contributed by atoms with Crippen molar-refractivity contribution < 1.29 is 27.4 Å². The molecule has 19 heavy (non-hydrogen) atoms. The van der Waals surface area contributed by atoms with Gasteiger partial charge in [-0.2, -0.15) is 5.26 Å². The first-order valence-electron chi connectivity index (χ1n) is 4.80. The highest BCUT2D eigenvalue weighted by Crippen LogP contribution is 2.33. The molecular formula is C11H7BrF3NO3. The molecule has 1 rings (SSSR count). The third kappa shape index (κ3) is 3.61. The quantitative estimate of drug-likeness (QED) is 0.628. The molecule has 0 aliphatic carbocycles. The molecule has 0 N–H and O–H groups in total. The van der Waals surface area contributed by atoms with Gasteiger partial charge in [-0.05, 0) is 11.6 Å². The molecule has 0 fully saturated rings. The van der Waals surface area contributed by atoms with Crippen molar-refractivity contribution in [1.29, 1.82) is 5.26 Å². The van der Waals surface area contributed by atoms with Gasteiger partial charge in [0, 0.05) is 5.33 Å². The Morgan fingerprint density at radius 1 is 1.47 bits per heavy atom. The average molecular weight is 338 g/mol. The Kier molecular flexibility index (Phi) is 4.78. The molecule has 8 heteroatoms. The predicted molar refractivity (Wildman–Crippen MR) is 61.8 cm³/mol. The summed E-state index contributed by atoms with van der Waals surface area (Å²) in [4.78, 5) is 11.4. The Morgan fingerprint density at radius 2 is 2.11 bits per heavy atom. The summed E-state index contributed by atoms with van der Waals surface area (Å²) in [7, 11) is 1.02. The minimum absolute atomic E-state index is 0.144. The van der Waals surface area contributed by atoms with E-state index in [2.05, 4.69) is 25.4 Å². The largest absolute Gasteiger partial charge is 0.573 e. The fraction of sp³-hybridized carbons (Fsp3) is 0.273. The summed E-state index contributed by atoms with van der Waals surface area (Å²) in [6.45, 7) is 0. The van der Waals surface area contributed by atoms with Gasteiger partial charge in [-0.25, -0.2) is 4.79 Å². The van der Waals surface area contributed by atoms with Gasteiger partial charge in [0.2, 0.25) is 0 Å². The Bertz CT molecular complexity index is 537. The SMILES string of the molecule is COC(=O)c1ccc(CBr)c(C#N)c1OC(F)(F)F. The lowest BCUT2D eigenvalue weighted by molar-refractivity contribution is -0.274. The molecule has 1 aromatic carbocycles. The lowest BCUT2D eigenvalue weighted by Crippen LogP contribution is -2.20. The van der Waals surface area contributed by atoms with E-state index < -0.39 is 23.6 Å². The van der Waals surface area contributed by atoms with E-state index in [-0.39, 0.29) is 16.5 Å². The molecule has 1 aromatic rings. The van der Waals surface area contributed by atoms with E-state index in [0.29, 0.717) is 0 Å². The lowest BCUT2D eigenvalue weighted by atomic mass is 10.0. The van der Waals surface area contributed by atoms with Crippen molar-refractivity contribution in [3.63, 3.8) is 0 Å². The van der Waals surface area contributed by atoms with E-state index in [0.717, 1.165) is 13.2 Å². The van der Waals surface area contributed by atoms with Gasteiger partial charge in [0.1, 0.15) is 11.6 Å². The number of alkyl halides is 4. The Morgan fingerprint density at radius 3 is 2.53 bits per heavy atom. The summed E-state index contributed by atoms with van der Waals surface area (Å²) in [6, 6.07) is 4.06. The van der Waals surface area contributed by atoms with Crippen LogP contribution in [-0.2, 0) is 10.1 Å². The molecule has 0 saturated carbocycles. The number of nitriles is 1. The van der Waals surface area contributed by atoms with Crippen molar-refractivity contribution in [2.45, 2.75) is 11.7 Å². The van der Waals surface area contributed by atoms with Crippen molar-refractivity contribution in [3.05, 3.63) is 28.8 Å². The zero-order valence-electron chi connectivity index (χ0n) is 9.55. The molecule has 0 bridgehead atoms. The van der Waals surface area contributed by atoms with Gasteiger partial charge < -0.3 is 9.47 Å². The molecule has 0 radical (unpaired) electrons. The van der Waals surface area contributed by atoms with Crippen LogP contribution in [0.4, 0.5) is 13.2 Å². The van der Waals surface area contributed by atoms with Gasteiger partial charge in [-0.1, -0.05) is 22.0 Å². The monoisotopic (exact) mass is 337 g/mol. The summed E-state index contributed by atoms with van der Waals surface area (Å²) in [5.74, 6) is -1.87. The van der Waals surface area contributed by atoms with Crippen molar-refractivity contribution in [1.82, 2.24) is 0 Å². The van der Waals surface area contributed by atoms with Crippen LogP contribution in [0.3, 0.4) is 0 Å². The number of hydrogen-bond donors (Lipinski definition) is 0. The van der Waals surface area contributed by atoms with Crippen molar-refractivity contribution in [3.8, 4) is 11.8 Å². The number of rotatable bonds is 3. The second-order valence-corrected chi connectivity index (χ2v) is 3.82.